The van der Waals surface area contributed by atoms with Crippen LogP contribution in [0.5, 0.6) is 0 Å². The van der Waals surface area contributed by atoms with Crippen LogP contribution in [0.15, 0.2) is 18.2 Å². The van der Waals surface area contributed by atoms with Crippen LogP contribution in [0.25, 0.3) is 0 Å². The first kappa shape index (κ1) is 19.2. The molecule has 2 aliphatic rings. The predicted molar refractivity (Wildman–Crippen MR) is 93.7 cm³/mol. The van der Waals surface area contributed by atoms with Crippen molar-refractivity contribution in [2.75, 3.05) is 18.4 Å². The maximum Gasteiger partial charge on any atom is 0.419 e. The third kappa shape index (κ3) is 3.64. The molecule has 29 heavy (non-hydrogen) atoms. The van der Waals surface area contributed by atoms with E-state index in [9.17, 15) is 27.2 Å². The molecule has 0 saturated heterocycles. The van der Waals surface area contributed by atoms with Gasteiger partial charge in [-0.15, -0.1) is 0 Å². The second kappa shape index (κ2) is 7.05. The lowest BCUT2D eigenvalue weighted by Gasteiger charge is -2.27. The number of hydrogen-bond acceptors (Lipinski definition) is 3. The maximum atomic E-state index is 13.4. The Morgan fingerprint density at radius 1 is 1.24 bits per heavy atom. The van der Waals surface area contributed by atoms with Crippen LogP contribution >= 0.6 is 0 Å². The first-order valence-electron chi connectivity index (χ1n) is 9.03. The number of anilines is 1. The molecule has 11 heteroatoms. The standard InChI is InChI=1S/C18H17F4N5O2/c19-13-3-2-10(8-12(13)18(20,21)22)24-17(29)26-7-4-14-11(9-26)15-16(28)23-5-1-6-27(15)25-14/h2-3,8H,1,4-7,9H2,(H,23,28)(H,24,29). The summed E-state index contributed by atoms with van der Waals surface area (Å²) in [5.41, 5.74) is 0.176. The molecule has 154 valence electrons. The molecule has 0 saturated carbocycles. The zero-order chi connectivity index (χ0) is 20.8. The van der Waals surface area contributed by atoms with E-state index < -0.39 is 23.6 Å². The van der Waals surface area contributed by atoms with Gasteiger partial charge in [0.2, 0.25) is 0 Å². The Kier molecular flexibility index (Phi) is 4.67. The van der Waals surface area contributed by atoms with E-state index in [0.717, 1.165) is 18.2 Å². The largest absolute Gasteiger partial charge is 0.419 e. The number of halogens is 4. The van der Waals surface area contributed by atoms with Gasteiger partial charge in [0.05, 0.1) is 17.8 Å². The van der Waals surface area contributed by atoms with Gasteiger partial charge in [-0.05, 0) is 24.6 Å². The second-order valence-corrected chi connectivity index (χ2v) is 6.90. The molecule has 2 aromatic rings. The number of carbonyl (C=O) groups excluding carboxylic acids is 2. The number of hydrogen-bond donors (Lipinski definition) is 2. The maximum absolute atomic E-state index is 13.4. The average molecular weight is 411 g/mol. The van der Waals surface area contributed by atoms with E-state index in [1.165, 1.54) is 4.90 Å². The van der Waals surface area contributed by atoms with Crippen LogP contribution in [0, 0.1) is 5.82 Å². The number of fused-ring (bicyclic) bond motifs is 3. The van der Waals surface area contributed by atoms with Gasteiger partial charge in [0.15, 0.2) is 0 Å². The highest BCUT2D eigenvalue weighted by atomic mass is 19.4. The molecule has 2 N–H and O–H groups in total. The van der Waals surface area contributed by atoms with Gasteiger partial charge in [0, 0.05) is 37.3 Å². The molecule has 0 bridgehead atoms. The summed E-state index contributed by atoms with van der Waals surface area (Å²) >= 11 is 0. The lowest BCUT2D eigenvalue weighted by Crippen LogP contribution is -2.39. The molecule has 3 amide bonds. The highest BCUT2D eigenvalue weighted by molar-refractivity contribution is 5.95. The minimum atomic E-state index is -4.87. The van der Waals surface area contributed by atoms with E-state index in [2.05, 4.69) is 15.7 Å². The summed E-state index contributed by atoms with van der Waals surface area (Å²) in [5.74, 6) is -1.67. The number of nitrogens with one attached hydrogen (secondary N) is 2. The van der Waals surface area contributed by atoms with E-state index in [4.69, 9.17) is 0 Å². The van der Waals surface area contributed by atoms with Crippen molar-refractivity contribution in [3.05, 3.63) is 46.5 Å². The first-order chi connectivity index (χ1) is 13.7. The third-order valence-electron chi connectivity index (χ3n) is 4.96. The molecule has 0 atom stereocenters. The molecule has 2 aliphatic heterocycles. The Morgan fingerprint density at radius 2 is 2.03 bits per heavy atom. The molecular formula is C18H17F4N5O2. The number of benzene rings is 1. The molecule has 3 heterocycles. The molecule has 1 aromatic carbocycles. The predicted octanol–water partition coefficient (Wildman–Crippen LogP) is 2.76. The minimum Gasteiger partial charge on any atom is -0.351 e. The molecule has 4 rings (SSSR count). The monoisotopic (exact) mass is 411 g/mol. The quantitative estimate of drug-likeness (QED) is 0.709. The van der Waals surface area contributed by atoms with Gasteiger partial charge < -0.3 is 15.5 Å². The summed E-state index contributed by atoms with van der Waals surface area (Å²) < 4.78 is 53.7. The van der Waals surface area contributed by atoms with Crippen molar-refractivity contribution in [1.82, 2.24) is 20.0 Å². The summed E-state index contributed by atoms with van der Waals surface area (Å²) in [7, 11) is 0. The van der Waals surface area contributed by atoms with Gasteiger partial charge in [-0.2, -0.15) is 18.3 Å². The zero-order valence-electron chi connectivity index (χ0n) is 15.1. The normalized spacial score (nSPS) is 16.6. The van der Waals surface area contributed by atoms with Gasteiger partial charge >= 0.3 is 12.2 Å². The van der Waals surface area contributed by atoms with Gasteiger partial charge in [-0.3, -0.25) is 9.48 Å². The SMILES string of the molecule is O=C1NCCCn2nc3c(c21)CN(C(=O)Nc1ccc(F)c(C(F)(F)F)c1)CC3. The Hall–Kier alpha value is -3.11. The van der Waals surface area contributed by atoms with E-state index in [0.29, 0.717) is 49.4 Å². The van der Waals surface area contributed by atoms with Crippen LogP contribution in [-0.2, 0) is 25.7 Å². The van der Waals surface area contributed by atoms with Crippen LogP contribution in [0.2, 0.25) is 0 Å². The number of rotatable bonds is 1. The molecule has 7 nitrogen and oxygen atoms in total. The van der Waals surface area contributed by atoms with Crippen LogP contribution in [0.3, 0.4) is 0 Å². The topological polar surface area (TPSA) is 79.3 Å². The molecular weight excluding hydrogens is 394 g/mol. The Balaban J connectivity index is 1.54. The van der Waals surface area contributed by atoms with Crippen molar-refractivity contribution in [2.24, 2.45) is 0 Å². The van der Waals surface area contributed by atoms with Crippen LogP contribution in [-0.4, -0.2) is 39.7 Å². The fourth-order valence-electron chi connectivity index (χ4n) is 3.55. The highest BCUT2D eigenvalue weighted by Gasteiger charge is 2.35. The van der Waals surface area contributed by atoms with Crippen molar-refractivity contribution >= 4 is 17.6 Å². The van der Waals surface area contributed by atoms with E-state index in [1.54, 1.807) is 4.68 Å². The van der Waals surface area contributed by atoms with Crippen molar-refractivity contribution < 1.29 is 27.2 Å². The Bertz CT molecular complexity index is 985. The van der Waals surface area contributed by atoms with E-state index >= 15 is 0 Å². The number of aryl methyl sites for hydroxylation is 1. The second-order valence-electron chi connectivity index (χ2n) is 6.90. The summed E-state index contributed by atoms with van der Waals surface area (Å²) in [6.07, 6.45) is -3.70. The lowest BCUT2D eigenvalue weighted by molar-refractivity contribution is -0.139. The molecule has 0 spiro atoms. The Morgan fingerprint density at radius 3 is 2.79 bits per heavy atom. The molecule has 0 radical (unpaired) electrons. The summed E-state index contributed by atoms with van der Waals surface area (Å²) in [4.78, 5) is 26.3. The molecule has 0 unspecified atom stereocenters. The fourth-order valence-corrected chi connectivity index (χ4v) is 3.55. The summed E-state index contributed by atoms with van der Waals surface area (Å²) in [6, 6.07) is 1.65. The average Bonchev–Trinajstić information content (AvgIpc) is 2.93. The van der Waals surface area contributed by atoms with Crippen LogP contribution in [0.4, 0.5) is 28.0 Å². The van der Waals surface area contributed by atoms with Gasteiger partial charge in [-0.1, -0.05) is 0 Å². The highest BCUT2D eigenvalue weighted by Crippen LogP contribution is 2.33. The van der Waals surface area contributed by atoms with Gasteiger partial charge in [-0.25, -0.2) is 9.18 Å². The Labute approximate surface area is 162 Å². The summed E-state index contributed by atoms with van der Waals surface area (Å²) in [6.45, 7) is 1.53. The smallest absolute Gasteiger partial charge is 0.351 e. The number of carbonyl (C=O) groups is 2. The number of alkyl halides is 3. The molecule has 0 fully saturated rings. The number of urea groups is 1. The number of aromatic nitrogens is 2. The first-order valence-corrected chi connectivity index (χ1v) is 9.03. The van der Waals surface area contributed by atoms with Gasteiger partial charge in [0.25, 0.3) is 5.91 Å². The fraction of sp³-hybridized carbons (Fsp3) is 0.389. The lowest BCUT2D eigenvalue weighted by atomic mass is 10.1. The van der Waals surface area contributed by atoms with Crippen molar-refractivity contribution in [3.63, 3.8) is 0 Å². The van der Waals surface area contributed by atoms with E-state index in [1.807, 2.05) is 0 Å². The van der Waals surface area contributed by atoms with Crippen molar-refractivity contribution in [3.8, 4) is 0 Å². The molecule has 1 aromatic heterocycles. The van der Waals surface area contributed by atoms with Crippen molar-refractivity contribution in [2.45, 2.75) is 32.1 Å². The third-order valence-corrected chi connectivity index (χ3v) is 4.96. The molecule has 0 aliphatic carbocycles. The van der Waals surface area contributed by atoms with Gasteiger partial charge in [0.1, 0.15) is 11.5 Å². The van der Waals surface area contributed by atoms with Crippen LogP contribution < -0.4 is 10.6 Å². The van der Waals surface area contributed by atoms with Crippen molar-refractivity contribution in [1.29, 1.82) is 0 Å². The summed E-state index contributed by atoms with van der Waals surface area (Å²) in [5, 5.41) is 9.61. The van der Waals surface area contributed by atoms with Crippen LogP contribution in [0.1, 0.15) is 33.7 Å². The number of amides is 3. The zero-order valence-corrected chi connectivity index (χ0v) is 15.1. The number of nitrogens with zero attached hydrogens (tertiary/aromatic N) is 3. The minimum absolute atomic E-state index is 0.108. The van der Waals surface area contributed by atoms with E-state index in [-0.39, 0.29) is 18.1 Å².